The van der Waals surface area contributed by atoms with Gasteiger partial charge in [-0.2, -0.15) is 0 Å². The van der Waals surface area contributed by atoms with Crippen molar-refractivity contribution in [3.05, 3.63) is 57.1 Å². The average Bonchev–Trinajstić information content (AvgIpc) is 2.50. The number of aromatic nitrogens is 2. The van der Waals surface area contributed by atoms with Crippen LogP contribution in [0, 0.1) is 0 Å². The maximum absolute atomic E-state index is 11.7. The van der Waals surface area contributed by atoms with E-state index in [0.717, 1.165) is 13.0 Å². The molecule has 1 unspecified atom stereocenters. The van der Waals surface area contributed by atoms with Gasteiger partial charge in [0.15, 0.2) is 5.82 Å². The number of anilines is 1. The van der Waals surface area contributed by atoms with Crippen molar-refractivity contribution in [2.45, 2.75) is 19.0 Å². The number of nitrogens with one attached hydrogen (secondary N) is 2. The van der Waals surface area contributed by atoms with Crippen molar-refractivity contribution in [1.82, 2.24) is 15.3 Å². The van der Waals surface area contributed by atoms with Crippen LogP contribution in [0.2, 0.25) is 5.02 Å². The number of fused-ring (bicyclic) bond motifs is 1. The number of halogens is 1. The third kappa shape index (κ3) is 2.66. The first-order valence-electron chi connectivity index (χ1n) is 6.92. The molecule has 2 heterocycles. The Morgan fingerprint density at radius 2 is 2.19 bits per heavy atom. The molecule has 0 fully saturated rings. The number of H-pyrrole nitrogens is 1. The number of hydrogen-bond donors (Lipinski definition) is 2. The van der Waals surface area contributed by atoms with Gasteiger partial charge in [0.25, 0.3) is 5.56 Å². The van der Waals surface area contributed by atoms with E-state index in [1.165, 1.54) is 17.5 Å². The molecule has 1 aromatic carbocycles. The van der Waals surface area contributed by atoms with E-state index >= 15 is 0 Å². The summed E-state index contributed by atoms with van der Waals surface area (Å²) >= 11 is 6.15. The Morgan fingerprint density at radius 1 is 1.43 bits per heavy atom. The van der Waals surface area contributed by atoms with E-state index in [-0.39, 0.29) is 16.6 Å². The molecular formula is C15H17ClN4O. The predicted molar refractivity (Wildman–Crippen MR) is 83.9 cm³/mol. The van der Waals surface area contributed by atoms with Gasteiger partial charge < -0.3 is 15.2 Å². The maximum atomic E-state index is 11.7. The van der Waals surface area contributed by atoms with Crippen LogP contribution in [0.3, 0.4) is 0 Å². The first kappa shape index (κ1) is 14.1. The second-order valence-corrected chi connectivity index (χ2v) is 5.56. The summed E-state index contributed by atoms with van der Waals surface area (Å²) in [6, 6.07) is 8.57. The second kappa shape index (κ2) is 5.87. The molecule has 0 saturated heterocycles. The lowest BCUT2D eigenvalue weighted by atomic mass is 9.94. The maximum Gasteiger partial charge on any atom is 0.271 e. The second-order valence-electron chi connectivity index (χ2n) is 5.18. The van der Waals surface area contributed by atoms with Crippen LogP contribution < -0.4 is 15.8 Å². The summed E-state index contributed by atoms with van der Waals surface area (Å²) in [7, 11) is 1.92. The number of hydrogen-bond acceptors (Lipinski definition) is 4. The van der Waals surface area contributed by atoms with Gasteiger partial charge in [-0.15, -0.1) is 0 Å². The molecule has 0 aliphatic carbocycles. The molecule has 2 aromatic rings. The Morgan fingerprint density at radius 3 is 2.95 bits per heavy atom. The van der Waals surface area contributed by atoms with Crippen LogP contribution in [-0.4, -0.2) is 29.6 Å². The Balaban J connectivity index is 2.03. The summed E-state index contributed by atoms with van der Waals surface area (Å²) in [5.74, 6) is 0.551. The highest BCUT2D eigenvalue weighted by molar-refractivity contribution is 6.32. The van der Waals surface area contributed by atoms with Gasteiger partial charge in [-0.25, -0.2) is 4.98 Å². The van der Waals surface area contributed by atoms with Crippen molar-refractivity contribution in [3.63, 3.8) is 0 Å². The van der Waals surface area contributed by atoms with Gasteiger partial charge in [-0.1, -0.05) is 35.9 Å². The first-order valence-corrected chi connectivity index (χ1v) is 7.29. The molecule has 0 bridgehead atoms. The fraction of sp³-hybridized carbons (Fsp3) is 0.333. The van der Waals surface area contributed by atoms with E-state index in [2.05, 4.69) is 38.4 Å². The van der Waals surface area contributed by atoms with Crippen molar-refractivity contribution in [1.29, 1.82) is 0 Å². The van der Waals surface area contributed by atoms with Gasteiger partial charge in [-0.3, -0.25) is 4.79 Å². The number of benzene rings is 1. The Bertz CT molecular complexity index is 700. The van der Waals surface area contributed by atoms with Gasteiger partial charge in [0.1, 0.15) is 5.02 Å². The Labute approximate surface area is 128 Å². The lowest BCUT2D eigenvalue weighted by Gasteiger charge is -2.38. The summed E-state index contributed by atoms with van der Waals surface area (Å²) in [5, 5.41) is 3.35. The number of likely N-dealkylation sites (N-methyl/N-ethyl adjacent to an activating group) is 1. The lowest BCUT2D eigenvalue weighted by molar-refractivity contribution is 0.523. The van der Waals surface area contributed by atoms with Crippen LogP contribution in [0.4, 0.5) is 5.82 Å². The molecule has 1 aliphatic heterocycles. The summed E-state index contributed by atoms with van der Waals surface area (Å²) in [5.41, 5.74) is 2.29. The molecule has 0 spiro atoms. The van der Waals surface area contributed by atoms with Gasteiger partial charge in [0, 0.05) is 19.1 Å². The van der Waals surface area contributed by atoms with Crippen LogP contribution >= 0.6 is 11.6 Å². The van der Waals surface area contributed by atoms with Crippen LogP contribution in [0.5, 0.6) is 0 Å². The third-order valence-electron chi connectivity index (χ3n) is 3.85. The predicted octanol–water partition coefficient (Wildman–Crippen LogP) is 1.57. The largest absolute Gasteiger partial charge is 0.346 e. The molecule has 5 nitrogen and oxygen atoms in total. The van der Waals surface area contributed by atoms with Gasteiger partial charge in [0.2, 0.25) is 0 Å². The molecule has 21 heavy (non-hydrogen) atoms. The smallest absolute Gasteiger partial charge is 0.271 e. The molecule has 0 saturated carbocycles. The zero-order valence-electron chi connectivity index (χ0n) is 11.8. The normalized spacial score (nSPS) is 17.6. The molecule has 0 amide bonds. The molecule has 110 valence electrons. The standard InChI is InChI=1S/C15H17ClN4O/c1-17-7-12-6-10-4-2-3-5-11(10)8-20(12)14-13(16)15(21)19-9-18-14/h2-5,9,12,17H,6-8H2,1H3,(H,18,19,21). The minimum absolute atomic E-state index is 0.151. The van der Waals surface area contributed by atoms with E-state index in [4.69, 9.17) is 11.6 Å². The minimum Gasteiger partial charge on any atom is -0.346 e. The highest BCUT2D eigenvalue weighted by atomic mass is 35.5. The molecule has 1 aliphatic rings. The molecule has 6 heteroatoms. The molecule has 2 N–H and O–H groups in total. The van der Waals surface area contributed by atoms with Gasteiger partial charge >= 0.3 is 0 Å². The quantitative estimate of drug-likeness (QED) is 0.904. The number of nitrogens with zero attached hydrogens (tertiary/aromatic N) is 2. The van der Waals surface area contributed by atoms with Crippen molar-refractivity contribution < 1.29 is 0 Å². The summed E-state index contributed by atoms with van der Waals surface area (Å²) in [6.45, 7) is 1.51. The minimum atomic E-state index is -0.302. The number of rotatable bonds is 3. The third-order valence-corrected chi connectivity index (χ3v) is 4.19. The zero-order chi connectivity index (χ0) is 14.8. The van der Waals surface area contributed by atoms with Crippen molar-refractivity contribution in [2.75, 3.05) is 18.5 Å². The Hall–Kier alpha value is -1.85. The van der Waals surface area contributed by atoms with Crippen LogP contribution in [0.15, 0.2) is 35.4 Å². The highest BCUT2D eigenvalue weighted by Gasteiger charge is 2.28. The van der Waals surface area contributed by atoms with E-state index in [9.17, 15) is 4.79 Å². The monoisotopic (exact) mass is 304 g/mol. The van der Waals surface area contributed by atoms with E-state index in [1.807, 2.05) is 13.1 Å². The van der Waals surface area contributed by atoms with E-state index in [1.54, 1.807) is 0 Å². The van der Waals surface area contributed by atoms with E-state index < -0.39 is 0 Å². The van der Waals surface area contributed by atoms with Crippen molar-refractivity contribution >= 4 is 17.4 Å². The highest BCUT2D eigenvalue weighted by Crippen LogP contribution is 2.29. The number of aromatic amines is 1. The molecule has 1 atom stereocenters. The first-order chi connectivity index (χ1) is 10.2. The summed E-state index contributed by atoms with van der Waals surface area (Å²) in [4.78, 5) is 20.6. The molecule has 1 aromatic heterocycles. The SMILES string of the molecule is CNCC1Cc2ccccc2CN1c1nc[nH]c(=O)c1Cl. The summed E-state index contributed by atoms with van der Waals surface area (Å²) < 4.78 is 0. The molecule has 3 rings (SSSR count). The van der Waals surface area contributed by atoms with Gasteiger partial charge in [0.05, 0.1) is 6.33 Å². The summed E-state index contributed by atoms with van der Waals surface area (Å²) in [6.07, 6.45) is 2.31. The zero-order valence-corrected chi connectivity index (χ0v) is 12.5. The van der Waals surface area contributed by atoms with Crippen LogP contribution in [0.1, 0.15) is 11.1 Å². The molecular weight excluding hydrogens is 288 g/mol. The fourth-order valence-corrected chi connectivity index (χ4v) is 3.04. The van der Waals surface area contributed by atoms with Crippen molar-refractivity contribution in [2.24, 2.45) is 0 Å². The topological polar surface area (TPSA) is 61.0 Å². The molecule has 0 radical (unpaired) electrons. The van der Waals surface area contributed by atoms with Gasteiger partial charge in [-0.05, 0) is 24.6 Å². The fourth-order valence-electron chi connectivity index (χ4n) is 2.83. The lowest BCUT2D eigenvalue weighted by Crippen LogP contribution is -2.46. The van der Waals surface area contributed by atoms with Crippen LogP contribution in [0.25, 0.3) is 0 Å². The average molecular weight is 305 g/mol. The Kier molecular flexibility index (Phi) is 3.94. The van der Waals surface area contributed by atoms with E-state index in [0.29, 0.717) is 12.4 Å². The van der Waals surface area contributed by atoms with Crippen LogP contribution in [-0.2, 0) is 13.0 Å². The van der Waals surface area contributed by atoms with Crippen molar-refractivity contribution in [3.8, 4) is 0 Å².